The van der Waals surface area contributed by atoms with E-state index >= 15 is 0 Å². The molecule has 1 atom stereocenters. The molecule has 5 N–H and O–H groups in total. The zero-order chi connectivity index (χ0) is 21.1. The van der Waals surface area contributed by atoms with Gasteiger partial charge < -0.3 is 30.3 Å². The summed E-state index contributed by atoms with van der Waals surface area (Å²) >= 11 is 0. The van der Waals surface area contributed by atoms with Crippen molar-refractivity contribution in [1.29, 1.82) is 0 Å². The minimum absolute atomic E-state index is 0.0307. The first kappa shape index (κ1) is 21.3. The Morgan fingerprint density at radius 3 is 2.32 bits per heavy atom. The van der Waals surface area contributed by atoms with E-state index in [0.717, 1.165) is 0 Å². The molecule has 2 rings (SSSR count). The number of rotatable bonds is 7. The Balaban J connectivity index is 2.42. The van der Waals surface area contributed by atoms with Crippen LogP contribution in [0.2, 0.25) is 0 Å². The van der Waals surface area contributed by atoms with Gasteiger partial charge in [-0.15, -0.1) is 0 Å². The molecule has 0 spiro atoms. The van der Waals surface area contributed by atoms with Crippen molar-refractivity contribution >= 4 is 11.9 Å². The molecule has 28 heavy (non-hydrogen) atoms. The molecule has 7 nitrogen and oxygen atoms in total. The number of benzene rings is 2. The second-order valence-electron chi connectivity index (χ2n) is 6.96. The van der Waals surface area contributed by atoms with E-state index in [9.17, 15) is 30.3 Å². The maximum Gasteiger partial charge on any atom is 0.193 e. The van der Waals surface area contributed by atoms with Crippen LogP contribution < -0.4 is 4.74 Å². The van der Waals surface area contributed by atoms with Gasteiger partial charge in [-0.3, -0.25) is 4.79 Å². The Hall–Kier alpha value is -3.03. The molecule has 0 radical (unpaired) electrons. The van der Waals surface area contributed by atoms with Crippen molar-refractivity contribution in [3.05, 3.63) is 53.1 Å². The van der Waals surface area contributed by atoms with Gasteiger partial charge in [-0.2, -0.15) is 0 Å². The summed E-state index contributed by atoms with van der Waals surface area (Å²) in [4.78, 5) is 12.7. The van der Waals surface area contributed by atoms with Gasteiger partial charge in [0.05, 0.1) is 18.8 Å². The lowest BCUT2D eigenvalue weighted by Gasteiger charge is -2.25. The molecule has 0 saturated carbocycles. The summed E-state index contributed by atoms with van der Waals surface area (Å²) in [5.74, 6) is -1.41. The van der Waals surface area contributed by atoms with E-state index in [1.807, 2.05) is 0 Å². The average molecular weight is 388 g/mol. The molecule has 0 amide bonds. The number of aliphatic hydroxyl groups is 2. The van der Waals surface area contributed by atoms with Crippen molar-refractivity contribution < 1.29 is 35.1 Å². The number of ketones is 1. The molecule has 2 aromatic rings. The number of allylic oxidation sites excluding steroid dienone is 1. The van der Waals surface area contributed by atoms with Crippen molar-refractivity contribution in [2.24, 2.45) is 0 Å². The van der Waals surface area contributed by atoms with Crippen LogP contribution in [0.3, 0.4) is 0 Å². The Bertz CT molecular complexity index is 877. The zero-order valence-corrected chi connectivity index (χ0v) is 15.9. The van der Waals surface area contributed by atoms with Gasteiger partial charge in [0.2, 0.25) is 0 Å². The molecule has 0 unspecified atom stereocenters. The van der Waals surface area contributed by atoms with E-state index in [0.29, 0.717) is 5.56 Å². The zero-order valence-electron chi connectivity index (χ0n) is 15.9. The van der Waals surface area contributed by atoms with E-state index < -0.39 is 23.2 Å². The predicted molar refractivity (Wildman–Crippen MR) is 104 cm³/mol. The number of ether oxygens (including phenoxy) is 1. The van der Waals surface area contributed by atoms with E-state index in [1.165, 1.54) is 51.3 Å². The number of carbonyl (C=O) groups is 1. The van der Waals surface area contributed by atoms with Crippen molar-refractivity contribution in [2.75, 3.05) is 7.11 Å². The SMILES string of the molecule is COc1cc(O)c(C[C@H](O)C(C)(C)O)c(O)c1C(=O)/C=C/c1ccc(O)cc1. The second kappa shape index (κ2) is 8.33. The van der Waals surface area contributed by atoms with E-state index in [-0.39, 0.29) is 34.8 Å². The topological polar surface area (TPSA) is 127 Å². The maximum absolute atomic E-state index is 12.7. The first-order valence-corrected chi connectivity index (χ1v) is 8.58. The molecule has 0 aliphatic rings. The number of phenolic OH excluding ortho intramolecular Hbond substituents is 3. The van der Waals surface area contributed by atoms with Crippen LogP contribution in [0.15, 0.2) is 36.4 Å². The smallest absolute Gasteiger partial charge is 0.193 e. The van der Waals surface area contributed by atoms with E-state index in [4.69, 9.17) is 4.74 Å². The van der Waals surface area contributed by atoms with Crippen molar-refractivity contribution in [3.8, 4) is 23.0 Å². The van der Waals surface area contributed by atoms with Crippen LogP contribution in [-0.4, -0.2) is 50.1 Å². The van der Waals surface area contributed by atoms with Gasteiger partial charge in [0.15, 0.2) is 5.78 Å². The molecule has 0 aliphatic heterocycles. The van der Waals surface area contributed by atoms with Crippen LogP contribution in [0.1, 0.15) is 35.3 Å². The van der Waals surface area contributed by atoms with Crippen molar-refractivity contribution in [3.63, 3.8) is 0 Å². The minimum atomic E-state index is -1.47. The fourth-order valence-electron chi connectivity index (χ4n) is 2.56. The summed E-state index contributed by atoms with van der Waals surface area (Å²) in [6, 6.07) is 7.34. The molecule has 0 saturated heterocycles. The van der Waals surface area contributed by atoms with Crippen molar-refractivity contribution in [2.45, 2.75) is 32.0 Å². The number of aromatic hydroxyl groups is 3. The maximum atomic E-state index is 12.7. The third-order valence-corrected chi connectivity index (χ3v) is 4.35. The van der Waals surface area contributed by atoms with Gasteiger partial charge >= 0.3 is 0 Å². The molecule has 0 bridgehead atoms. The number of methoxy groups -OCH3 is 1. The Morgan fingerprint density at radius 1 is 1.18 bits per heavy atom. The molecule has 7 heteroatoms. The van der Waals surface area contributed by atoms with Crippen LogP contribution in [0.5, 0.6) is 23.0 Å². The highest BCUT2D eigenvalue weighted by Crippen LogP contribution is 2.39. The van der Waals surface area contributed by atoms with Gasteiger partial charge in [0.25, 0.3) is 0 Å². The fourth-order valence-corrected chi connectivity index (χ4v) is 2.56. The van der Waals surface area contributed by atoms with Crippen LogP contribution in [0.25, 0.3) is 6.08 Å². The van der Waals surface area contributed by atoms with Crippen molar-refractivity contribution in [1.82, 2.24) is 0 Å². The van der Waals surface area contributed by atoms with Crippen LogP contribution in [0.4, 0.5) is 0 Å². The lowest BCUT2D eigenvalue weighted by atomic mass is 9.92. The van der Waals surface area contributed by atoms with Crippen LogP contribution in [0, 0.1) is 0 Å². The summed E-state index contributed by atoms with van der Waals surface area (Å²) in [5.41, 5.74) is -1.06. The number of phenols is 3. The summed E-state index contributed by atoms with van der Waals surface area (Å²) < 4.78 is 5.10. The third-order valence-electron chi connectivity index (χ3n) is 4.35. The molecular weight excluding hydrogens is 364 g/mol. The van der Waals surface area contributed by atoms with E-state index in [2.05, 4.69) is 0 Å². The second-order valence-corrected chi connectivity index (χ2v) is 6.96. The molecule has 0 aromatic heterocycles. The largest absolute Gasteiger partial charge is 0.508 e. The number of carbonyl (C=O) groups excluding carboxylic acids is 1. The summed E-state index contributed by atoms with van der Waals surface area (Å²) in [5, 5.41) is 50.1. The number of hydrogen-bond donors (Lipinski definition) is 5. The lowest BCUT2D eigenvalue weighted by Crippen LogP contribution is -2.37. The molecule has 0 aliphatic carbocycles. The molecule has 0 heterocycles. The Kier molecular flexibility index (Phi) is 6.33. The minimum Gasteiger partial charge on any atom is -0.508 e. The summed E-state index contributed by atoms with van der Waals surface area (Å²) in [6.45, 7) is 2.78. The molecule has 2 aromatic carbocycles. The first-order valence-electron chi connectivity index (χ1n) is 8.58. The van der Waals surface area contributed by atoms with Gasteiger partial charge in [0.1, 0.15) is 28.6 Å². The van der Waals surface area contributed by atoms with Gasteiger partial charge in [0, 0.05) is 18.1 Å². The molecule has 0 fully saturated rings. The Morgan fingerprint density at radius 2 is 1.79 bits per heavy atom. The molecule has 150 valence electrons. The highest BCUT2D eigenvalue weighted by Gasteiger charge is 2.29. The van der Waals surface area contributed by atoms with Gasteiger partial charge in [-0.1, -0.05) is 18.2 Å². The lowest BCUT2D eigenvalue weighted by molar-refractivity contribution is -0.0473. The highest BCUT2D eigenvalue weighted by molar-refractivity contribution is 6.11. The summed E-state index contributed by atoms with van der Waals surface area (Å²) in [7, 11) is 1.29. The normalized spacial score (nSPS) is 12.9. The standard InChI is InChI=1S/C21H24O7/c1-21(2,27)18(25)10-14-16(24)11-17(28-3)19(20(14)26)15(23)9-6-12-4-7-13(22)8-5-12/h4-9,11,18,22,24-27H,10H2,1-3H3/b9-6+/t18-/m0/s1. The fraction of sp³-hybridized carbons (Fsp3) is 0.286. The molecular formula is C21H24O7. The predicted octanol–water partition coefficient (Wildman–Crippen LogP) is 2.38. The number of hydrogen-bond acceptors (Lipinski definition) is 7. The van der Waals surface area contributed by atoms with Crippen LogP contribution >= 0.6 is 0 Å². The van der Waals surface area contributed by atoms with Crippen LogP contribution in [-0.2, 0) is 6.42 Å². The summed E-state index contributed by atoms with van der Waals surface area (Å²) in [6.07, 6.45) is 1.16. The van der Waals surface area contributed by atoms with Gasteiger partial charge in [-0.25, -0.2) is 0 Å². The number of aliphatic hydroxyl groups excluding tert-OH is 1. The van der Waals surface area contributed by atoms with Gasteiger partial charge in [-0.05, 0) is 37.6 Å². The average Bonchev–Trinajstić information content (AvgIpc) is 2.62. The third kappa shape index (κ3) is 4.82. The first-order chi connectivity index (χ1) is 13.0. The van der Waals surface area contributed by atoms with E-state index in [1.54, 1.807) is 12.1 Å². The quantitative estimate of drug-likeness (QED) is 0.364. The Labute approximate surface area is 162 Å². The highest BCUT2D eigenvalue weighted by atomic mass is 16.5. The monoisotopic (exact) mass is 388 g/mol.